The summed E-state index contributed by atoms with van der Waals surface area (Å²) in [6.45, 7) is 5.06. The molecule has 1 saturated heterocycles. The maximum Gasteiger partial charge on any atom is 0.247 e. The first-order valence-electron chi connectivity index (χ1n) is 6.36. The first-order valence-corrected chi connectivity index (χ1v) is 7.80. The quantitative estimate of drug-likeness (QED) is 0.902. The Hall–Kier alpha value is -1.11. The average Bonchev–Trinajstić information content (AvgIpc) is 2.41. The van der Waals surface area contributed by atoms with Crippen LogP contribution in [0.1, 0.15) is 13.8 Å². The summed E-state index contributed by atoms with van der Waals surface area (Å²) < 4.78 is 32.2. The fourth-order valence-electron chi connectivity index (χ4n) is 2.32. The van der Waals surface area contributed by atoms with Crippen molar-refractivity contribution in [3.63, 3.8) is 0 Å². The zero-order valence-electron chi connectivity index (χ0n) is 11.5. The lowest BCUT2D eigenvalue weighted by molar-refractivity contribution is 0.232. The molecule has 2 unspecified atom stereocenters. The predicted molar refractivity (Wildman–Crippen MR) is 73.8 cm³/mol. The van der Waals surface area contributed by atoms with Gasteiger partial charge in [0.25, 0.3) is 0 Å². The highest BCUT2D eigenvalue weighted by Crippen LogP contribution is 2.28. The molecule has 106 valence electrons. The van der Waals surface area contributed by atoms with Crippen LogP contribution in [0.4, 0.5) is 0 Å². The molecular formula is C13H20N2O3S. The van der Waals surface area contributed by atoms with Crippen LogP contribution in [0.2, 0.25) is 0 Å². The van der Waals surface area contributed by atoms with Gasteiger partial charge in [0, 0.05) is 25.2 Å². The van der Waals surface area contributed by atoms with E-state index in [0.717, 1.165) is 0 Å². The first-order chi connectivity index (χ1) is 8.98. The molecule has 0 radical (unpaired) electrons. The Balaban J connectivity index is 2.42. The Morgan fingerprint density at radius 3 is 2.68 bits per heavy atom. The number of hydrogen-bond acceptors (Lipinski definition) is 4. The molecule has 0 saturated carbocycles. The normalized spacial score (nSPS) is 25.2. The van der Waals surface area contributed by atoms with Crippen molar-refractivity contribution in [2.45, 2.75) is 30.8 Å². The summed E-state index contributed by atoms with van der Waals surface area (Å²) in [4.78, 5) is 0.235. The Morgan fingerprint density at radius 1 is 1.32 bits per heavy atom. The second-order valence-corrected chi connectivity index (χ2v) is 6.61. The van der Waals surface area contributed by atoms with Gasteiger partial charge in [-0.05, 0) is 26.0 Å². The van der Waals surface area contributed by atoms with Crippen molar-refractivity contribution in [2.75, 3.05) is 20.2 Å². The fraction of sp³-hybridized carbons (Fsp3) is 0.538. The van der Waals surface area contributed by atoms with Gasteiger partial charge in [-0.1, -0.05) is 12.1 Å². The summed E-state index contributed by atoms with van der Waals surface area (Å²) in [7, 11) is -2.03. The highest BCUT2D eigenvalue weighted by atomic mass is 32.2. The van der Waals surface area contributed by atoms with Gasteiger partial charge in [-0.3, -0.25) is 0 Å². The van der Waals surface area contributed by atoms with Crippen LogP contribution >= 0.6 is 0 Å². The van der Waals surface area contributed by atoms with Crippen molar-refractivity contribution >= 4 is 10.0 Å². The summed E-state index contributed by atoms with van der Waals surface area (Å²) in [6, 6.07) is 6.80. The van der Waals surface area contributed by atoms with E-state index in [1.165, 1.54) is 7.11 Å². The van der Waals surface area contributed by atoms with Crippen LogP contribution in [0.3, 0.4) is 0 Å². The van der Waals surface area contributed by atoms with Crippen molar-refractivity contribution in [3.8, 4) is 5.75 Å². The summed E-state index contributed by atoms with van der Waals surface area (Å²) >= 11 is 0. The molecule has 0 aliphatic carbocycles. The van der Waals surface area contributed by atoms with E-state index >= 15 is 0 Å². The lowest BCUT2D eigenvalue weighted by Gasteiger charge is -2.37. The maximum absolute atomic E-state index is 12.7. The summed E-state index contributed by atoms with van der Waals surface area (Å²) in [6.07, 6.45) is 0. The van der Waals surface area contributed by atoms with Crippen molar-refractivity contribution < 1.29 is 13.2 Å². The molecule has 1 fully saturated rings. The van der Waals surface area contributed by atoms with Crippen LogP contribution in [0.15, 0.2) is 29.2 Å². The molecule has 6 heteroatoms. The van der Waals surface area contributed by atoms with Gasteiger partial charge in [0.2, 0.25) is 10.0 Å². The van der Waals surface area contributed by atoms with Gasteiger partial charge in [-0.2, -0.15) is 4.31 Å². The van der Waals surface area contributed by atoms with Gasteiger partial charge < -0.3 is 10.1 Å². The van der Waals surface area contributed by atoms with Crippen LogP contribution in [0, 0.1) is 0 Å². The van der Waals surface area contributed by atoms with Gasteiger partial charge in [-0.25, -0.2) is 8.42 Å². The van der Waals surface area contributed by atoms with E-state index in [1.807, 2.05) is 13.8 Å². The highest BCUT2D eigenvalue weighted by Gasteiger charge is 2.35. The van der Waals surface area contributed by atoms with Gasteiger partial charge in [0.05, 0.1) is 7.11 Å². The standard InChI is InChI=1S/C13H20N2O3S/c1-10-11(2)15(9-8-14-10)19(16,17)13-7-5-4-6-12(13)18-3/h4-7,10-11,14H,8-9H2,1-3H3. The third-order valence-corrected chi connectivity index (χ3v) is 5.66. The summed E-state index contributed by atoms with van der Waals surface area (Å²) in [5.74, 6) is 0.390. The predicted octanol–water partition coefficient (Wildman–Crippen LogP) is 1.07. The molecule has 2 atom stereocenters. The van der Waals surface area contributed by atoms with Gasteiger partial charge in [0.15, 0.2) is 0 Å². The Labute approximate surface area is 114 Å². The fourth-order valence-corrected chi connectivity index (χ4v) is 4.18. The highest BCUT2D eigenvalue weighted by molar-refractivity contribution is 7.89. The zero-order valence-corrected chi connectivity index (χ0v) is 12.3. The number of piperazine rings is 1. The Bertz CT molecular complexity index is 545. The largest absolute Gasteiger partial charge is 0.495 e. The molecule has 0 amide bonds. The summed E-state index contributed by atoms with van der Waals surface area (Å²) in [5, 5.41) is 3.28. The minimum absolute atomic E-state index is 0.0799. The molecule has 0 spiro atoms. The van der Waals surface area contributed by atoms with Gasteiger partial charge in [0.1, 0.15) is 10.6 Å². The topological polar surface area (TPSA) is 58.6 Å². The Kier molecular flexibility index (Phi) is 4.13. The van der Waals surface area contributed by atoms with E-state index < -0.39 is 10.0 Å². The zero-order chi connectivity index (χ0) is 14.0. The molecule has 1 aliphatic rings. The van der Waals surface area contributed by atoms with E-state index in [0.29, 0.717) is 18.8 Å². The smallest absolute Gasteiger partial charge is 0.247 e. The third kappa shape index (κ3) is 2.61. The van der Waals surface area contributed by atoms with Crippen molar-refractivity contribution in [1.82, 2.24) is 9.62 Å². The Morgan fingerprint density at radius 2 is 2.00 bits per heavy atom. The third-order valence-electron chi connectivity index (χ3n) is 3.63. The van der Waals surface area contributed by atoms with E-state index in [1.54, 1.807) is 28.6 Å². The number of nitrogens with zero attached hydrogens (tertiary/aromatic N) is 1. The molecular weight excluding hydrogens is 264 g/mol. The van der Waals surface area contributed by atoms with Crippen LogP contribution < -0.4 is 10.1 Å². The molecule has 19 heavy (non-hydrogen) atoms. The molecule has 2 rings (SSSR count). The average molecular weight is 284 g/mol. The van der Waals surface area contributed by atoms with Crippen molar-refractivity contribution in [3.05, 3.63) is 24.3 Å². The number of methoxy groups -OCH3 is 1. The second-order valence-electron chi connectivity index (χ2n) is 4.75. The van der Waals surface area contributed by atoms with Crippen LogP contribution in [0.25, 0.3) is 0 Å². The molecule has 0 bridgehead atoms. The summed E-state index contributed by atoms with van der Waals surface area (Å²) in [5.41, 5.74) is 0. The van der Waals surface area contributed by atoms with Gasteiger partial charge in [-0.15, -0.1) is 0 Å². The molecule has 0 aromatic heterocycles. The molecule has 1 heterocycles. The molecule has 1 aromatic rings. The maximum atomic E-state index is 12.7. The van der Waals surface area contributed by atoms with Crippen LogP contribution in [-0.4, -0.2) is 45.0 Å². The number of nitrogens with one attached hydrogen (secondary N) is 1. The number of sulfonamides is 1. The van der Waals surface area contributed by atoms with E-state index in [-0.39, 0.29) is 17.0 Å². The first kappa shape index (κ1) is 14.3. The molecule has 1 aromatic carbocycles. The number of ether oxygens (including phenoxy) is 1. The number of benzene rings is 1. The van der Waals surface area contributed by atoms with E-state index in [4.69, 9.17) is 4.74 Å². The SMILES string of the molecule is COc1ccccc1S(=O)(=O)N1CCNC(C)C1C. The molecule has 5 nitrogen and oxygen atoms in total. The second kappa shape index (κ2) is 5.48. The van der Waals surface area contributed by atoms with Crippen LogP contribution in [-0.2, 0) is 10.0 Å². The minimum atomic E-state index is -3.52. The van der Waals surface area contributed by atoms with Crippen molar-refractivity contribution in [2.24, 2.45) is 0 Å². The van der Waals surface area contributed by atoms with Crippen LogP contribution in [0.5, 0.6) is 5.75 Å². The van der Waals surface area contributed by atoms with Gasteiger partial charge >= 0.3 is 0 Å². The lowest BCUT2D eigenvalue weighted by atomic mass is 10.1. The number of rotatable bonds is 3. The number of para-hydroxylation sites is 1. The monoisotopic (exact) mass is 284 g/mol. The van der Waals surface area contributed by atoms with E-state index in [2.05, 4.69) is 5.32 Å². The van der Waals surface area contributed by atoms with Crippen molar-refractivity contribution in [1.29, 1.82) is 0 Å². The molecule has 1 aliphatic heterocycles. The number of hydrogen-bond donors (Lipinski definition) is 1. The molecule has 1 N–H and O–H groups in total. The minimum Gasteiger partial charge on any atom is -0.495 e. The van der Waals surface area contributed by atoms with E-state index in [9.17, 15) is 8.42 Å². The lowest BCUT2D eigenvalue weighted by Crippen LogP contribution is -2.57.